The number of halogens is 1. The summed E-state index contributed by atoms with van der Waals surface area (Å²) >= 11 is 3.13. The summed E-state index contributed by atoms with van der Waals surface area (Å²) in [6, 6.07) is 0. The average Bonchev–Trinajstić information content (AvgIpc) is 2.32. The molecular formula is C12H18BrN3O3. The minimum atomic E-state index is -1.56. The largest absolute Gasteiger partial charge is 0.335 e. The van der Waals surface area contributed by atoms with Crippen molar-refractivity contribution in [3.8, 4) is 0 Å². The first-order valence-electron chi connectivity index (χ1n) is 6.18. The van der Waals surface area contributed by atoms with E-state index in [0.29, 0.717) is 17.7 Å². The van der Waals surface area contributed by atoms with E-state index in [1.807, 2.05) is 6.92 Å². The molecule has 0 aromatic carbocycles. The summed E-state index contributed by atoms with van der Waals surface area (Å²) in [6.45, 7) is 5.39. The number of unbranched alkanes of at least 4 members (excludes halogenated alkanes) is 1. The van der Waals surface area contributed by atoms with Crippen LogP contribution >= 0.6 is 15.9 Å². The molecule has 0 aromatic rings. The lowest BCUT2D eigenvalue weighted by atomic mass is 10.0. The number of amides is 1. The number of nitro groups is 1. The Labute approximate surface area is 120 Å². The highest BCUT2D eigenvalue weighted by Crippen LogP contribution is 2.35. The van der Waals surface area contributed by atoms with Gasteiger partial charge in [-0.2, -0.15) is 0 Å². The van der Waals surface area contributed by atoms with Crippen molar-refractivity contribution in [3.05, 3.63) is 21.8 Å². The van der Waals surface area contributed by atoms with Crippen molar-refractivity contribution in [1.29, 1.82) is 0 Å². The first kappa shape index (κ1) is 15.8. The van der Waals surface area contributed by atoms with Gasteiger partial charge in [0, 0.05) is 38.6 Å². The third-order valence-corrected chi connectivity index (χ3v) is 4.34. The van der Waals surface area contributed by atoms with Gasteiger partial charge in [0.15, 0.2) is 0 Å². The summed E-state index contributed by atoms with van der Waals surface area (Å²) in [5, 5.41) is 13.9. The Balaban J connectivity index is 2.93. The number of hydrogen-bond acceptors (Lipinski definition) is 4. The Morgan fingerprint density at radius 2 is 2.26 bits per heavy atom. The Morgan fingerprint density at radius 3 is 2.79 bits per heavy atom. The van der Waals surface area contributed by atoms with Crippen LogP contribution < -0.4 is 5.32 Å². The van der Waals surface area contributed by atoms with E-state index in [1.165, 1.54) is 0 Å². The molecule has 0 saturated carbocycles. The SMILES string of the molecule is CCCCC(=O)NC1N=C(C)C=C(C)C1(Br)[N+](=O)[O-]. The molecule has 0 bridgehead atoms. The van der Waals surface area contributed by atoms with Gasteiger partial charge in [0.05, 0.1) is 0 Å². The molecule has 0 radical (unpaired) electrons. The summed E-state index contributed by atoms with van der Waals surface area (Å²) in [5.41, 5.74) is 1.18. The Morgan fingerprint density at radius 1 is 1.63 bits per heavy atom. The van der Waals surface area contributed by atoms with Crippen LogP contribution in [0.2, 0.25) is 0 Å². The second-order valence-corrected chi connectivity index (χ2v) is 5.81. The number of allylic oxidation sites excluding steroid dienone is 1. The van der Waals surface area contributed by atoms with Crippen LogP contribution in [0, 0.1) is 10.1 Å². The minimum absolute atomic E-state index is 0.219. The molecule has 1 amide bonds. The zero-order chi connectivity index (χ0) is 14.6. The van der Waals surface area contributed by atoms with Crippen molar-refractivity contribution in [2.45, 2.75) is 50.6 Å². The van der Waals surface area contributed by atoms with Gasteiger partial charge in [0.2, 0.25) is 12.1 Å². The van der Waals surface area contributed by atoms with E-state index in [0.717, 1.165) is 12.8 Å². The maximum absolute atomic E-state index is 11.8. The fourth-order valence-corrected chi connectivity index (χ4v) is 2.22. The van der Waals surface area contributed by atoms with Gasteiger partial charge in [-0.1, -0.05) is 13.3 Å². The minimum Gasteiger partial charge on any atom is -0.327 e. The molecule has 0 fully saturated rings. The van der Waals surface area contributed by atoms with Gasteiger partial charge in [0.1, 0.15) is 0 Å². The van der Waals surface area contributed by atoms with Crippen molar-refractivity contribution in [2.24, 2.45) is 4.99 Å². The molecule has 19 heavy (non-hydrogen) atoms. The van der Waals surface area contributed by atoms with Crippen molar-refractivity contribution < 1.29 is 9.72 Å². The Bertz CT molecular complexity index is 448. The maximum atomic E-state index is 11.8. The number of alkyl halides is 1. The van der Waals surface area contributed by atoms with Crippen LogP contribution in [0.1, 0.15) is 40.0 Å². The number of carbonyl (C=O) groups is 1. The number of dihydropyridines is 1. The summed E-state index contributed by atoms with van der Waals surface area (Å²) in [5.74, 6) is -0.219. The third-order valence-electron chi connectivity index (χ3n) is 2.99. The number of carbonyl (C=O) groups excluding carboxylic acids is 1. The van der Waals surface area contributed by atoms with Crippen molar-refractivity contribution >= 4 is 27.5 Å². The van der Waals surface area contributed by atoms with Crippen LogP contribution in [0.15, 0.2) is 16.6 Å². The average molecular weight is 332 g/mol. The highest BCUT2D eigenvalue weighted by molar-refractivity contribution is 9.10. The molecule has 0 saturated heterocycles. The van der Waals surface area contributed by atoms with E-state index in [9.17, 15) is 14.9 Å². The van der Waals surface area contributed by atoms with Crippen molar-refractivity contribution in [1.82, 2.24) is 5.32 Å². The second kappa shape index (κ2) is 6.27. The predicted molar refractivity (Wildman–Crippen MR) is 77.0 cm³/mol. The maximum Gasteiger partial charge on any atom is 0.335 e. The van der Waals surface area contributed by atoms with Crippen molar-refractivity contribution in [3.63, 3.8) is 0 Å². The summed E-state index contributed by atoms with van der Waals surface area (Å²) < 4.78 is -1.56. The normalized spacial score (nSPS) is 26.4. The lowest BCUT2D eigenvalue weighted by molar-refractivity contribution is -0.528. The number of nitrogens with zero attached hydrogens (tertiary/aromatic N) is 2. The topological polar surface area (TPSA) is 84.6 Å². The second-order valence-electron chi connectivity index (χ2n) is 4.60. The van der Waals surface area contributed by atoms with Gasteiger partial charge >= 0.3 is 4.45 Å². The molecule has 1 rings (SSSR count). The zero-order valence-electron chi connectivity index (χ0n) is 11.3. The zero-order valence-corrected chi connectivity index (χ0v) is 12.9. The first-order chi connectivity index (χ1) is 8.82. The molecule has 0 spiro atoms. The molecule has 1 N–H and O–H groups in total. The van der Waals surface area contributed by atoms with Crippen LogP contribution in [0.5, 0.6) is 0 Å². The highest BCUT2D eigenvalue weighted by atomic mass is 79.9. The van der Waals surface area contributed by atoms with Crippen LogP contribution in [0.25, 0.3) is 0 Å². The summed E-state index contributed by atoms with van der Waals surface area (Å²) in [6.07, 6.45) is 2.73. The molecule has 106 valence electrons. The molecule has 0 aromatic heterocycles. The summed E-state index contributed by atoms with van der Waals surface area (Å²) in [7, 11) is 0. The number of nitrogens with one attached hydrogen (secondary N) is 1. The molecule has 2 unspecified atom stereocenters. The molecule has 7 heteroatoms. The van der Waals surface area contributed by atoms with E-state index in [2.05, 4.69) is 26.2 Å². The molecule has 1 heterocycles. The first-order valence-corrected chi connectivity index (χ1v) is 6.97. The molecular weight excluding hydrogens is 314 g/mol. The van der Waals surface area contributed by atoms with Gasteiger partial charge in [-0.25, -0.2) is 0 Å². The van der Waals surface area contributed by atoms with Crippen LogP contribution in [0.3, 0.4) is 0 Å². The Kier molecular flexibility index (Phi) is 5.22. The molecule has 2 atom stereocenters. The fourth-order valence-electron chi connectivity index (χ4n) is 1.89. The Hall–Kier alpha value is -1.24. The van der Waals surface area contributed by atoms with Crippen LogP contribution in [-0.2, 0) is 4.79 Å². The van der Waals surface area contributed by atoms with Crippen LogP contribution in [0.4, 0.5) is 0 Å². The highest BCUT2D eigenvalue weighted by Gasteiger charge is 2.52. The summed E-state index contributed by atoms with van der Waals surface area (Å²) in [4.78, 5) is 26.8. The smallest absolute Gasteiger partial charge is 0.327 e. The number of rotatable bonds is 5. The van der Waals surface area contributed by atoms with Gasteiger partial charge in [-0.05, 0) is 26.3 Å². The predicted octanol–water partition coefficient (Wildman–Crippen LogP) is 2.41. The lowest BCUT2D eigenvalue weighted by Gasteiger charge is -2.30. The van der Waals surface area contributed by atoms with Gasteiger partial charge in [-0.3, -0.25) is 19.9 Å². The van der Waals surface area contributed by atoms with E-state index in [4.69, 9.17) is 0 Å². The standard InChI is InChI=1S/C12H18BrN3O3/c1-4-5-6-10(17)15-11-12(13,16(18)19)8(2)7-9(3)14-11/h7,11H,4-6H2,1-3H3,(H,15,17). The van der Waals surface area contributed by atoms with E-state index in [-0.39, 0.29) is 5.91 Å². The van der Waals surface area contributed by atoms with Gasteiger partial charge in [-0.15, -0.1) is 0 Å². The monoisotopic (exact) mass is 331 g/mol. The van der Waals surface area contributed by atoms with Gasteiger partial charge in [0.25, 0.3) is 0 Å². The van der Waals surface area contributed by atoms with Crippen LogP contribution in [-0.4, -0.2) is 27.2 Å². The quantitative estimate of drug-likeness (QED) is 0.363. The van der Waals surface area contributed by atoms with Crippen molar-refractivity contribution in [2.75, 3.05) is 0 Å². The molecule has 0 aliphatic carbocycles. The number of hydrogen-bond donors (Lipinski definition) is 1. The van der Waals surface area contributed by atoms with E-state index in [1.54, 1.807) is 19.9 Å². The molecule has 6 nitrogen and oxygen atoms in total. The third kappa shape index (κ3) is 3.40. The van der Waals surface area contributed by atoms with Gasteiger partial charge < -0.3 is 5.32 Å². The fraction of sp³-hybridized carbons (Fsp3) is 0.667. The lowest BCUT2D eigenvalue weighted by Crippen LogP contribution is -2.54. The number of aliphatic imine (C=N–C) groups is 1. The van der Waals surface area contributed by atoms with E-state index < -0.39 is 15.5 Å². The molecule has 1 aliphatic rings. The molecule has 1 aliphatic heterocycles. The van der Waals surface area contributed by atoms with E-state index >= 15 is 0 Å².